The predicted octanol–water partition coefficient (Wildman–Crippen LogP) is 3.74. The van der Waals surface area contributed by atoms with Crippen molar-refractivity contribution in [3.05, 3.63) is 83.5 Å². The Morgan fingerprint density at radius 1 is 1.18 bits per heavy atom. The van der Waals surface area contributed by atoms with Crippen LogP contribution in [0.1, 0.15) is 21.5 Å². The number of allylic oxidation sites excluding steroid dienone is 1. The Labute approximate surface area is 217 Å². The average Bonchev–Trinajstić information content (AvgIpc) is 2.90. The van der Waals surface area contributed by atoms with E-state index in [1.807, 2.05) is 11.8 Å². The molecule has 2 aromatic rings. The summed E-state index contributed by atoms with van der Waals surface area (Å²) >= 11 is 0. The molecule has 2 aliphatic rings. The summed E-state index contributed by atoms with van der Waals surface area (Å²) in [5, 5.41) is 8.88. The molecule has 38 heavy (non-hydrogen) atoms. The number of hydrogen-bond donors (Lipinski definition) is 4. The SMILES string of the molecule is C=C/N=C1/C=NC(N2CCNCC2)=N/C1=C(/N)Nc1cc(C(=O)Nc2cccc(C(F)(F)F)c2)ccc1C. The normalized spacial score (nSPS) is 18.2. The van der Waals surface area contributed by atoms with E-state index in [-0.39, 0.29) is 17.1 Å². The molecule has 0 saturated carbocycles. The molecule has 0 spiro atoms. The zero-order chi connectivity index (χ0) is 27.3. The van der Waals surface area contributed by atoms with Crippen LogP contribution < -0.4 is 21.7 Å². The molecule has 0 aromatic heterocycles. The van der Waals surface area contributed by atoms with Crippen LogP contribution >= 0.6 is 0 Å². The second-order valence-electron chi connectivity index (χ2n) is 8.55. The Balaban J connectivity index is 1.59. The zero-order valence-electron chi connectivity index (χ0n) is 20.6. The topological polar surface area (TPSA) is 120 Å². The smallest absolute Gasteiger partial charge is 0.383 e. The highest BCUT2D eigenvalue weighted by molar-refractivity contribution is 6.41. The Morgan fingerprint density at radius 3 is 2.66 bits per heavy atom. The van der Waals surface area contributed by atoms with E-state index in [4.69, 9.17) is 5.73 Å². The van der Waals surface area contributed by atoms with Gasteiger partial charge in [-0.05, 0) is 42.8 Å². The largest absolute Gasteiger partial charge is 0.416 e. The summed E-state index contributed by atoms with van der Waals surface area (Å²) < 4.78 is 39.1. The first kappa shape index (κ1) is 26.6. The molecule has 0 bridgehead atoms. The molecule has 0 aliphatic carbocycles. The number of nitrogens with two attached hydrogens (primary N) is 1. The third-order valence-electron chi connectivity index (χ3n) is 5.86. The highest BCUT2D eigenvalue weighted by Gasteiger charge is 2.30. The Kier molecular flexibility index (Phi) is 7.91. The number of carbonyl (C=O) groups is 1. The Hall–Kier alpha value is -4.45. The number of amides is 1. The van der Waals surface area contributed by atoms with E-state index in [0.717, 1.165) is 43.9 Å². The van der Waals surface area contributed by atoms with Gasteiger partial charge in [0, 0.05) is 49.3 Å². The number of alkyl halides is 3. The van der Waals surface area contributed by atoms with Crippen LogP contribution in [-0.4, -0.2) is 54.9 Å². The maximum atomic E-state index is 13.0. The first-order chi connectivity index (χ1) is 18.2. The predicted molar refractivity (Wildman–Crippen MR) is 143 cm³/mol. The summed E-state index contributed by atoms with van der Waals surface area (Å²) in [6.07, 6.45) is -1.58. The standard InChI is InChI=1S/C26H27F3N8O/c1-3-32-21-15-33-25(37-11-9-31-10-12-37)36-22(21)23(30)35-20-13-17(8-7-16(20)2)24(38)34-19-6-4-5-18(14-19)26(27,28)29/h3-8,13-15,31,35H,1,9-12,30H2,2H3,(H,34,38)/b23-22-,32-21-. The van der Waals surface area contributed by atoms with Crippen molar-refractivity contribution in [1.29, 1.82) is 0 Å². The third kappa shape index (κ3) is 6.27. The molecule has 1 saturated heterocycles. The summed E-state index contributed by atoms with van der Waals surface area (Å²) in [6, 6.07) is 9.29. The maximum absolute atomic E-state index is 13.0. The Morgan fingerprint density at radius 2 is 1.95 bits per heavy atom. The van der Waals surface area contributed by atoms with Crippen LogP contribution in [0.4, 0.5) is 24.5 Å². The molecule has 5 N–H and O–H groups in total. The van der Waals surface area contributed by atoms with Crippen LogP contribution in [0.15, 0.2) is 81.7 Å². The van der Waals surface area contributed by atoms with Crippen molar-refractivity contribution in [2.75, 3.05) is 36.8 Å². The second-order valence-corrected chi connectivity index (χ2v) is 8.55. The van der Waals surface area contributed by atoms with Gasteiger partial charge in [-0.15, -0.1) is 0 Å². The maximum Gasteiger partial charge on any atom is 0.416 e. The van der Waals surface area contributed by atoms with Gasteiger partial charge in [0.05, 0.1) is 11.8 Å². The van der Waals surface area contributed by atoms with E-state index in [1.54, 1.807) is 24.4 Å². The molecule has 9 nitrogen and oxygen atoms in total. The number of guanidine groups is 1. The summed E-state index contributed by atoms with van der Waals surface area (Å²) in [4.78, 5) is 28.1. The first-order valence-electron chi connectivity index (χ1n) is 11.8. The lowest BCUT2D eigenvalue weighted by Crippen LogP contribution is -2.46. The van der Waals surface area contributed by atoms with Gasteiger partial charge < -0.3 is 26.6 Å². The molecule has 198 valence electrons. The third-order valence-corrected chi connectivity index (χ3v) is 5.86. The lowest BCUT2D eigenvalue weighted by Gasteiger charge is -2.29. The van der Waals surface area contributed by atoms with Crippen molar-refractivity contribution in [2.24, 2.45) is 20.7 Å². The molecule has 1 fully saturated rings. The van der Waals surface area contributed by atoms with Gasteiger partial charge in [0.1, 0.15) is 17.2 Å². The van der Waals surface area contributed by atoms with E-state index in [1.165, 1.54) is 18.3 Å². The highest BCUT2D eigenvalue weighted by Crippen LogP contribution is 2.31. The van der Waals surface area contributed by atoms with Crippen molar-refractivity contribution in [3.63, 3.8) is 0 Å². The monoisotopic (exact) mass is 524 g/mol. The van der Waals surface area contributed by atoms with Crippen LogP contribution in [0, 0.1) is 6.92 Å². The fourth-order valence-electron chi connectivity index (χ4n) is 3.85. The molecule has 0 atom stereocenters. The number of piperazine rings is 1. The van der Waals surface area contributed by atoms with Gasteiger partial charge >= 0.3 is 6.18 Å². The van der Waals surface area contributed by atoms with Crippen LogP contribution in [0.3, 0.4) is 0 Å². The van der Waals surface area contributed by atoms with Gasteiger partial charge in [0.25, 0.3) is 5.91 Å². The highest BCUT2D eigenvalue weighted by atomic mass is 19.4. The number of benzene rings is 2. The minimum atomic E-state index is -4.52. The summed E-state index contributed by atoms with van der Waals surface area (Å²) in [7, 11) is 0. The van der Waals surface area contributed by atoms with Crippen LogP contribution in [0.2, 0.25) is 0 Å². The van der Waals surface area contributed by atoms with Crippen molar-refractivity contribution in [2.45, 2.75) is 13.1 Å². The molecule has 1 amide bonds. The zero-order valence-corrected chi connectivity index (χ0v) is 20.6. The number of nitrogens with zero attached hydrogens (tertiary/aromatic N) is 4. The fourth-order valence-corrected chi connectivity index (χ4v) is 3.85. The van der Waals surface area contributed by atoms with Gasteiger partial charge in [0.2, 0.25) is 5.96 Å². The van der Waals surface area contributed by atoms with E-state index in [2.05, 4.69) is 37.5 Å². The number of nitrogens with one attached hydrogen (secondary N) is 3. The van der Waals surface area contributed by atoms with Crippen molar-refractivity contribution in [1.82, 2.24) is 10.2 Å². The number of anilines is 2. The number of halogens is 3. The van der Waals surface area contributed by atoms with Crippen molar-refractivity contribution in [3.8, 4) is 0 Å². The fraction of sp³-hybridized carbons (Fsp3) is 0.231. The quantitative estimate of drug-likeness (QED) is 0.475. The van der Waals surface area contributed by atoms with Crippen molar-refractivity contribution < 1.29 is 18.0 Å². The van der Waals surface area contributed by atoms with Crippen LogP contribution in [-0.2, 0) is 6.18 Å². The van der Waals surface area contributed by atoms with E-state index in [0.29, 0.717) is 23.1 Å². The van der Waals surface area contributed by atoms with Crippen LogP contribution in [0.5, 0.6) is 0 Å². The first-order valence-corrected chi connectivity index (χ1v) is 11.8. The van der Waals surface area contributed by atoms with Gasteiger partial charge in [-0.25, -0.2) is 9.98 Å². The molecule has 2 aromatic carbocycles. The molecule has 0 radical (unpaired) electrons. The molecule has 0 unspecified atom stereocenters. The lowest BCUT2D eigenvalue weighted by molar-refractivity contribution is -0.137. The molecule has 12 heteroatoms. The number of aryl methyl sites for hydroxylation is 1. The summed E-state index contributed by atoms with van der Waals surface area (Å²) in [5.41, 5.74) is 7.90. The van der Waals surface area contributed by atoms with Gasteiger partial charge in [-0.1, -0.05) is 18.7 Å². The number of rotatable bonds is 5. The molecule has 2 heterocycles. The summed E-state index contributed by atoms with van der Waals surface area (Å²) in [5.74, 6) is 0.124. The van der Waals surface area contributed by atoms with Gasteiger partial charge in [0.15, 0.2) is 0 Å². The van der Waals surface area contributed by atoms with E-state index in [9.17, 15) is 18.0 Å². The van der Waals surface area contributed by atoms with E-state index < -0.39 is 17.6 Å². The minimum absolute atomic E-state index is 0.0306. The van der Waals surface area contributed by atoms with Gasteiger partial charge in [-0.2, -0.15) is 13.2 Å². The second kappa shape index (κ2) is 11.3. The van der Waals surface area contributed by atoms with Crippen LogP contribution in [0.25, 0.3) is 0 Å². The van der Waals surface area contributed by atoms with Crippen molar-refractivity contribution >= 4 is 35.2 Å². The molecule has 4 rings (SSSR count). The number of aliphatic imine (C=N–C) groups is 3. The molecular formula is C26H27F3N8O. The summed E-state index contributed by atoms with van der Waals surface area (Å²) in [6.45, 7) is 8.56. The minimum Gasteiger partial charge on any atom is -0.383 e. The number of hydrogen-bond acceptors (Lipinski definition) is 8. The lowest BCUT2D eigenvalue weighted by atomic mass is 10.1. The average molecular weight is 525 g/mol. The van der Waals surface area contributed by atoms with E-state index >= 15 is 0 Å². The number of carbonyl (C=O) groups excluding carboxylic acids is 1. The molecule has 2 aliphatic heterocycles. The van der Waals surface area contributed by atoms with Gasteiger partial charge in [-0.3, -0.25) is 9.79 Å². The Bertz CT molecular complexity index is 1350. The molecular weight excluding hydrogens is 497 g/mol.